The Labute approximate surface area is 329 Å². The zero-order chi connectivity index (χ0) is 40.0. The first kappa shape index (κ1) is 40.4. The summed E-state index contributed by atoms with van der Waals surface area (Å²) in [6.45, 7) is 6.96. The molecule has 17 nitrogen and oxygen atoms in total. The van der Waals surface area contributed by atoms with E-state index in [2.05, 4.69) is 9.73 Å². The zero-order valence-electron chi connectivity index (χ0n) is 30.0. The Morgan fingerprint density at radius 3 is 2.29 bits per heavy atom. The van der Waals surface area contributed by atoms with E-state index in [0.29, 0.717) is 25.2 Å². The lowest BCUT2D eigenvalue weighted by Gasteiger charge is -2.25. The lowest BCUT2D eigenvalue weighted by atomic mass is 9.95. The third-order valence-corrected chi connectivity index (χ3v) is 9.65. The van der Waals surface area contributed by atoms with Crippen molar-refractivity contribution in [3.63, 3.8) is 0 Å². The molecule has 1 aromatic heterocycles. The van der Waals surface area contributed by atoms with E-state index < -0.39 is 44.8 Å². The van der Waals surface area contributed by atoms with Crippen LogP contribution in [-0.4, -0.2) is 59.9 Å². The first-order valence-corrected chi connectivity index (χ1v) is 18.4. The summed E-state index contributed by atoms with van der Waals surface area (Å²) >= 11 is 3.05. The van der Waals surface area contributed by atoms with Crippen molar-refractivity contribution in [3.8, 4) is 28.7 Å². The summed E-state index contributed by atoms with van der Waals surface area (Å²) in [5.41, 5.74) is -0.0834. The largest absolute Gasteiger partial charge is 0.490 e. The number of halogens is 1. The highest BCUT2D eigenvalue weighted by atomic mass is 127. The van der Waals surface area contributed by atoms with Gasteiger partial charge in [0.25, 0.3) is 11.2 Å². The van der Waals surface area contributed by atoms with Crippen LogP contribution in [-0.2, 0) is 19.1 Å². The minimum atomic E-state index is -0.987. The fraction of sp³-hybridized carbons (Fsp3) is 0.278. The number of fused-ring (bicyclic) bond motifs is 1. The summed E-state index contributed by atoms with van der Waals surface area (Å²) in [5, 5.41) is 23.0. The molecule has 288 valence electrons. The lowest BCUT2D eigenvalue weighted by molar-refractivity contribution is -0.394. The molecule has 2 heterocycles. The van der Waals surface area contributed by atoms with Gasteiger partial charge in [-0.05, 0) is 97.8 Å². The van der Waals surface area contributed by atoms with Gasteiger partial charge < -0.3 is 28.4 Å². The molecule has 55 heavy (non-hydrogen) atoms. The predicted molar refractivity (Wildman–Crippen MR) is 206 cm³/mol. The minimum absolute atomic E-state index is 0.0787. The molecule has 1 aliphatic rings. The van der Waals surface area contributed by atoms with Crippen molar-refractivity contribution in [2.24, 2.45) is 4.99 Å². The Kier molecular flexibility index (Phi) is 12.9. The highest BCUT2D eigenvalue weighted by Gasteiger charge is 2.34. The summed E-state index contributed by atoms with van der Waals surface area (Å²) in [5.74, 6) is -0.666. The Hall–Kier alpha value is -5.83. The van der Waals surface area contributed by atoms with Crippen molar-refractivity contribution in [2.75, 3.05) is 33.5 Å². The number of thiazole rings is 1. The third-order valence-electron chi connectivity index (χ3n) is 7.87. The number of ether oxygens (including phenoxy) is 6. The van der Waals surface area contributed by atoms with Gasteiger partial charge in [-0.25, -0.2) is 14.6 Å². The predicted octanol–water partition coefficient (Wildman–Crippen LogP) is 5.36. The van der Waals surface area contributed by atoms with Crippen molar-refractivity contribution in [1.82, 2.24) is 4.57 Å². The fourth-order valence-electron chi connectivity index (χ4n) is 5.53. The summed E-state index contributed by atoms with van der Waals surface area (Å²) in [6, 6.07) is 10.2. The maximum absolute atomic E-state index is 14.3. The normalized spacial score (nSPS) is 13.7. The van der Waals surface area contributed by atoms with Crippen molar-refractivity contribution in [1.29, 1.82) is 0 Å². The van der Waals surface area contributed by atoms with Crippen LogP contribution < -0.4 is 33.8 Å². The smallest absolute Gasteiger partial charge is 0.343 e. The molecule has 0 spiro atoms. The van der Waals surface area contributed by atoms with Crippen LogP contribution in [0.1, 0.15) is 44.9 Å². The third kappa shape index (κ3) is 8.78. The van der Waals surface area contributed by atoms with Gasteiger partial charge in [0.05, 0.1) is 68.3 Å². The number of methoxy groups -OCH3 is 1. The average Bonchev–Trinajstić information content (AvgIpc) is 3.45. The molecule has 5 rings (SSSR count). The van der Waals surface area contributed by atoms with Crippen LogP contribution in [0.3, 0.4) is 0 Å². The Morgan fingerprint density at radius 2 is 1.64 bits per heavy atom. The number of esters is 2. The molecule has 0 amide bonds. The number of nitro benzene ring substituents is 2. The molecular weight excluding hydrogens is 855 g/mol. The number of hydrogen-bond acceptors (Lipinski definition) is 15. The van der Waals surface area contributed by atoms with E-state index in [-0.39, 0.29) is 65.3 Å². The molecule has 0 radical (unpaired) electrons. The monoisotopic (exact) mass is 888 g/mol. The zero-order valence-corrected chi connectivity index (χ0v) is 33.0. The Bertz CT molecular complexity index is 2410. The molecule has 0 saturated heterocycles. The van der Waals surface area contributed by atoms with Gasteiger partial charge in [-0.2, -0.15) is 0 Å². The molecule has 4 aromatic rings. The van der Waals surface area contributed by atoms with Crippen molar-refractivity contribution in [2.45, 2.75) is 33.7 Å². The maximum atomic E-state index is 14.3. The van der Waals surface area contributed by atoms with Gasteiger partial charge in [-0.3, -0.25) is 29.6 Å². The number of nitrogens with zero attached hydrogens (tertiary/aromatic N) is 4. The summed E-state index contributed by atoms with van der Waals surface area (Å²) < 4.78 is 35.4. The van der Waals surface area contributed by atoms with Gasteiger partial charge in [-0.1, -0.05) is 17.4 Å². The van der Waals surface area contributed by atoms with Crippen LogP contribution in [0, 0.1) is 23.8 Å². The number of nitro groups is 2. The maximum Gasteiger partial charge on any atom is 0.343 e. The Morgan fingerprint density at radius 1 is 0.927 bits per heavy atom. The number of carbonyl (C=O) groups is 2. The van der Waals surface area contributed by atoms with E-state index in [1.165, 1.54) is 11.7 Å². The highest BCUT2D eigenvalue weighted by Crippen LogP contribution is 2.42. The highest BCUT2D eigenvalue weighted by molar-refractivity contribution is 14.1. The fourth-order valence-corrected chi connectivity index (χ4v) is 7.31. The van der Waals surface area contributed by atoms with Gasteiger partial charge in [0.2, 0.25) is 5.75 Å². The van der Waals surface area contributed by atoms with Crippen LogP contribution in [0.15, 0.2) is 69.6 Å². The second-order valence-electron chi connectivity index (χ2n) is 11.3. The van der Waals surface area contributed by atoms with Gasteiger partial charge in [-0.15, -0.1) is 0 Å². The Balaban J connectivity index is 1.63. The molecule has 0 N–H and O–H groups in total. The lowest BCUT2D eigenvalue weighted by Crippen LogP contribution is -2.40. The van der Waals surface area contributed by atoms with Gasteiger partial charge >= 0.3 is 17.6 Å². The topological polar surface area (TPSA) is 210 Å². The number of non-ortho nitro benzene ring substituents is 1. The van der Waals surface area contributed by atoms with Gasteiger partial charge in [0, 0.05) is 6.07 Å². The summed E-state index contributed by atoms with van der Waals surface area (Å²) in [7, 11) is 1.24. The van der Waals surface area contributed by atoms with Crippen LogP contribution in [0.2, 0.25) is 0 Å². The average molecular weight is 889 g/mol. The van der Waals surface area contributed by atoms with Crippen molar-refractivity contribution in [3.05, 3.63) is 114 Å². The molecule has 0 saturated carbocycles. The number of carbonyl (C=O) groups excluding carboxylic acids is 2. The SMILES string of the molecule is CCOC(=O)C1=C(C)N=c2s/c(=C/c3cc(I)c(Oc4ccc([N+](=O)[O-])cc4[N+](=O)[O-])c(OCC)c3)c(=O)n2[C@@H]1c1ccc(OCC(=O)OC)c(OCC)c1. The van der Waals surface area contributed by atoms with E-state index in [0.717, 1.165) is 29.5 Å². The number of benzene rings is 3. The first-order valence-electron chi connectivity index (χ1n) is 16.5. The second-order valence-corrected chi connectivity index (χ2v) is 13.5. The van der Waals surface area contributed by atoms with E-state index in [4.69, 9.17) is 23.7 Å². The number of hydrogen-bond donors (Lipinski definition) is 0. The summed E-state index contributed by atoms with van der Waals surface area (Å²) in [6.07, 6.45) is 1.61. The standard InChI is InChI=1S/C36H33IN4O13S/c1-6-50-27-16-21(9-11-26(27)53-18-30(42)49-5)32-31(35(44)52-8-3)19(4)38-36-39(32)34(43)29(55-36)15-20-13-23(37)33(28(14-20)51-7-2)54-25-12-10-22(40(45)46)17-24(25)41(47)48/h9-17,32H,6-8,18H2,1-5H3/b29-15+/t32-/m1/s1. The first-order chi connectivity index (χ1) is 26.3. The molecule has 1 aliphatic heterocycles. The number of aromatic nitrogens is 1. The van der Waals surface area contributed by atoms with Crippen LogP contribution in [0.4, 0.5) is 11.4 Å². The molecule has 0 unspecified atom stereocenters. The van der Waals surface area contributed by atoms with E-state index in [1.54, 1.807) is 64.1 Å². The van der Waals surface area contributed by atoms with E-state index in [1.807, 2.05) is 22.6 Å². The molecule has 1 atom stereocenters. The van der Waals surface area contributed by atoms with E-state index >= 15 is 0 Å². The van der Waals surface area contributed by atoms with Crippen molar-refractivity contribution < 1.29 is 47.9 Å². The van der Waals surface area contributed by atoms with Crippen LogP contribution >= 0.6 is 33.9 Å². The molecular formula is C36H33IN4O13S. The quantitative estimate of drug-likeness (QED) is 0.0638. The van der Waals surface area contributed by atoms with Crippen molar-refractivity contribution >= 4 is 63.3 Å². The summed E-state index contributed by atoms with van der Waals surface area (Å²) in [4.78, 5) is 65.9. The molecule has 0 aliphatic carbocycles. The molecule has 3 aromatic carbocycles. The minimum Gasteiger partial charge on any atom is -0.490 e. The van der Waals surface area contributed by atoms with Crippen LogP contribution in [0.5, 0.6) is 28.7 Å². The molecule has 0 fully saturated rings. The van der Waals surface area contributed by atoms with Gasteiger partial charge in [0.15, 0.2) is 34.4 Å². The molecule has 0 bridgehead atoms. The van der Waals surface area contributed by atoms with E-state index in [9.17, 15) is 34.6 Å². The van der Waals surface area contributed by atoms with Gasteiger partial charge in [0.1, 0.15) is 0 Å². The number of rotatable bonds is 15. The number of allylic oxidation sites excluding steroid dienone is 1. The second kappa shape index (κ2) is 17.5. The molecule has 19 heteroatoms. The van der Waals surface area contributed by atoms with Crippen LogP contribution in [0.25, 0.3) is 6.08 Å².